The summed E-state index contributed by atoms with van der Waals surface area (Å²) in [6, 6.07) is 11.0. The lowest BCUT2D eigenvalue weighted by Gasteiger charge is -2.16. The Morgan fingerprint density at radius 2 is 1.76 bits per heavy atom. The molecule has 112 valence electrons. The molecule has 0 saturated heterocycles. The van der Waals surface area contributed by atoms with Crippen molar-refractivity contribution in [2.45, 2.75) is 24.8 Å². The molecule has 0 aliphatic heterocycles. The van der Waals surface area contributed by atoms with Gasteiger partial charge in [-0.05, 0) is 49.2 Å². The zero-order valence-corrected chi connectivity index (χ0v) is 12.6. The molecule has 2 rings (SSSR count). The van der Waals surface area contributed by atoms with Crippen LogP contribution in [0.2, 0.25) is 0 Å². The fourth-order valence-electron chi connectivity index (χ4n) is 2.00. The lowest BCUT2D eigenvalue weighted by atomic mass is 10.1. The molecule has 1 unspecified atom stereocenters. The molecule has 0 bridgehead atoms. The predicted molar refractivity (Wildman–Crippen MR) is 81.0 cm³/mol. The van der Waals surface area contributed by atoms with Crippen LogP contribution in [-0.2, 0) is 10.0 Å². The molecule has 2 aromatic rings. The Bertz CT molecular complexity index is 743. The first-order valence-corrected chi connectivity index (χ1v) is 7.97. The zero-order valence-electron chi connectivity index (χ0n) is 11.8. The van der Waals surface area contributed by atoms with Crippen LogP contribution in [0.1, 0.15) is 24.1 Å². The number of anilines is 1. The Labute approximate surface area is 123 Å². The molecule has 2 aromatic carbocycles. The second kappa shape index (κ2) is 5.83. The summed E-state index contributed by atoms with van der Waals surface area (Å²) in [6.45, 7) is 3.69. The molecule has 0 heterocycles. The number of nitrogens with two attached hydrogens (primary N) is 1. The second-order valence-electron chi connectivity index (χ2n) is 4.96. The lowest BCUT2D eigenvalue weighted by molar-refractivity contribution is 0.597. The summed E-state index contributed by atoms with van der Waals surface area (Å²) in [4.78, 5) is 0.0555. The van der Waals surface area contributed by atoms with Gasteiger partial charge >= 0.3 is 0 Å². The van der Waals surface area contributed by atoms with Crippen molar-refractivity contribution >= 4 is 15.7 Å². The van der Waals surface area contributed by atoms with Crippen molar-refractivity contribution in [1.29, 1.82) is 0 Å². The summed E-state index contributed by atoms with van der Waals surface area (Å²) in [7, 11) is -3.70. The van der Waals surface area contributed by atoms with E-state index >= 15 is 0 Å². The quantitative estimate of drug-likeness (QED) is 0.912. The highest BCUT2D eigenvalue weighted by atomic mass is 32.2. The van der Waals surface area contributed by atoms with Crippen LogP contribution >= 0.6 is 0 Å². The summed E-state index contributed by atoms with van der Waals surface area (Å²) in [5, 5.41) is 8.10. The number of rotatable bonds is 4. The first kappa shape index (κ1) is 15.5. The van der Waals surface area contributed by atoms with Crippen LogP contribution in [0.5, 0.6) is 0 Å². The number of halogens is 1. The average molecular weight is 308 g/mol. The smallest absolute Gasteiger partial charge is 0.238 e. The summed E-state index contributed by atoms with van der Waals surface area (Å²) < 4.78 is 36.2. The van der Waals surface area contributed by atoms with Gasteiger partial charge < -0.3 is 5.32 Å². The van der Waals surface area contributed by atoms with E-state index in [0.29, 0.717) is 5.69 Å². The Morgan fingerprint density at radius 3 is 2.29 bits per heavy atom. The van der Waals surface area contributed by atoms with Gasteiger partial charge in [0.1, 0.15) is 5.82 Å². The van der Waals surface area contributed by atoms with Gasteiger partial charge in [0.15, 0.2) is 0 Å². The summed E-state index contributed by atoms with van der Waals surface area (Å²) in [6.07, 6.45) is 0. The summed E-state index contributed by atoms with van der Waals surface area (Å²) >= 11 is 0. The summed E-state index contributed by atoms with van der Waals surface area (Å²) in [5.41, 5.74) is 2.09. The number of benzene rings is 2. The van der Waals surface area contributed by atoms with Crippen molar-refractivity contribution in [3.05, 3.63) is 59.4 Å². The minimum absolute atomic E-state index is 0.0555. The molecule has 0 saturated carbocycles. The van der Waals surface area contributed by atoms with Gasteiger partial charge in [-0.2, -0.15) is 0 Å². The monoisotopic (exact) mass is 308 g/mol. The predicted octanol–water partition coefficient (Wildman–Crippen LogP) is 2.95. The van der Waals surface area contributed by atoms with Crippen LogP contribution < -0.4 is 10.5 Å². The molecule has 1 atom stereocenters. The van der Waals surface area contributed by atoms with Crippen molar-refractivity contribution in [2.24, 2.45) is 5.14 Å². The van der Waals surface area contributed by atoms with E-state index in [2.05, 4.69) is 5.32 Å². The first-order chi connectivity index (χ1) is 9.77. The van der Waals surface area contributed by atoms with Crippen molar-refractivity contribution in [1.82, 2.24) is 0 Å². The van der Waals surface area contributed by atoms with E-state index in [0.717, 1.165) is 11.1 Å². The van der Waals surface area contributed by atoms with E-state index in [9.17, 15) is 12.8 Å². The number of hydrogen-bond acceptors (Lipinski definition) is 3. The SMILES string of the molecule is Cc1ccc(NC(C)c2ccc(S(N)(=O)=O)cc2)c(F)c1. The third kappa shape index (κ3) is 3.80. The molecule has 6 heteroatoms. The number of sulfonamides is 1. The third-order valence-electron chi connectivity index (χ3n) is 3.21. The highest BCUT2D eigenvalue weighted by Crippen LogP contribution is 2.23. The number of nitrogens with one attached hydrogen (secondary N) is 1. The van der Waals surface area contributed by atoms with Crippen molar-refractivity contribution in [3.63, 3.8) is 0 Å². The zero-order chi connectivity index (χ0) is 15.6. The molecule has 4 nitrogen and oxygen atoms in total. The molecular weight excluding hydrogens is 291 g/mol. The van der Waals surface area contributed by atoms with Crippen molar-refractivity contribution in [3.8, 4) is 0 Å². The molecule has 0 amide bonds. The number of primary sulfonamides is 1. The van der Waals surface area contributed by atoms with Crippen LogP contribution in [0.15, 0.2) is 47.4 Å². The van der Waals surface area contributed by atoms with Crippen molar-refractivity contribution < 1.29 is 12.8 Å². The topological polar surface area (TPSA) is 72.2 Å². The maximum Gasteiger partial charge on any atom is 0.238 e. The Balaban J connectivity index is 2.18. The van der Waals surface area contributed by atoms with E-state index in [1.54, 1.807) is 18.2 Å². The van der Waals surface area contributed by atoms with Crippen molar-refractivity contribution in [2.75, 3.05) is 5.32 Å². The number of hydrogen-bond donors (Lipinski definition) is 2. The normalized spacial score (nSPS) is 13.0. The molecule has 0 aliphatic carbocycles. The van der Waals surface area contributed by atoms with E-state index in [-0.39, 0.29) is 16.8 Å². The molecule has 0 spiro atoms. The third-order valence-corrected chi connectivity index (χ3v) is 4.13. The Hall–Kier alpha value is -1.92. The molecule has 0 radical (unpaired) electrons. The first-order valence-electron chi connectivity index (χ1n) is 6.43. The van der Waals surface area contributed by atoms with Crippen LogP contribution in [0.3, 0.4) is 0 Å². The average Bonchev–Trinajstić information content (AvgIpc) is 2.41. The summed E-state index contributed by atoms with van der Waals surface area (Å²) in [5.74, 6) is -0.317. The Morgan fingerprint density at radius 1 is 1.14 bits per heavy atom. The second-order valence-corrected chi connectivity index (χ2v) is 6.52. The van der Waals surface area contributed by atoms with Crippen LogP contribution in [0.25, 0.3) is 0 Å². The molecule has 0 fully saturated rings. The molecular formula is C15H17FN2O2S. The van der Waals surface area contributed by atoms with Gasteiger partial charge in [0.25, 0.3) is 0 Å². The minimum atomic E-state index is -3.70. The fraction of sp³-hybridized carbons (Fsp3) is 0.200. The molecule has 0 aromatic heterocycles. The van der Waals surface area contributed by atoms with E-state index in [4.69, 9.17) is 5.14 Å². The highest BCUT2D eigenvalue weighted by molar-refractivity contribution is 7.89. The van der Waals surface area contributed by atoms with Gasteiger partial charge in [0.2, 0.25) is 10.0 Å². The van der Waals surface area contributed by atoms with E-state index in [1.165, 1.54) is 18.2 Å². The van der Waals surface area contributed by atoms with Gasteiger partial charge in [-0.15, -0.1) is 0 Å². The largest absolute Gasteiger partial charge is 0.376 e. The van der Waals surface area contributed by atoms with Crippen LogP contribution in [-0.4, -0.2) is 8.42 Å². The Kier molecular flexibility index (Phi) is 4.29. The lowest BCUT2D eigenvalue weighted by Crippen LogP contribution is -2.13. The van der Waals surface area contributed by atoms with Gasteiger partial charge in [0.05, 0.1) is 10.6 Å². The standard InChI is InChI=1S/C15H17FN2O2S/c1-10-3-8-15(14(16)9-10)18-11(2)12-4-6-13(7-5-12)21(17,19)20/h3-9,11,18H,1-2H3,(H2,17,19,20). The maximum atomic E-state index is 13.8. The van der Waals surface area contributed by atoms with Gasteiger partial charge in [-0.25, -0.2) is 17.9 Å². The van der Waals surface area contributed by atoms with Crippen LogP contribution in [0, 0.1) is 12.7 Å². The molecule has 3 N–H and O–H groups in total. The van der Waals surface area contributed by atoms with Gasteiger partial charge in [-0.1, -0.05) is 18.2 Å². The highest BCUT2D eigenvalue weighted by Gasteiger charge is 2.11. The van der Waals surface area contributed by atoms with Crippen LogP contribution in [0.4, 0.5) is 10.1 Å². The number of aryl methyl sites for hydroxylation is 1. The molecule has 0 aliphatic rings. The fourth-order valence-corrected chi connectivity index (χ4v) is 2.52. The minimum Gasteiger partial charge on any atom is -0.376 e. The van der Waals surface area contributed by atoms with Gasteiger partial charge in [0, 0.05) is 6.04 Å². The molecule has 21 heavy (non-hydrogen) atoms. The van der Waals surface area contributed by atoms with E-state index in [1.807, 2.05) is 19.9 Å². The van der Waals surface area contributed by atoms with E-state index < -0.39 is 10.0 Å². The van der Waals surface area contributed by atoms with Gasteiger partial charge in [-0.3, -0.25) is 0 Å². The maximum absolute atomic E-state index is 13.8.